The van der Waals surface area contributed by atoms with Gasteiger partial charge in [0.2, 0.25) is 0 Å². The van der Waals surface area contributed by atoms with Crippen LogP contribution in [0, 0.1) is 5.92 Å². The molecule has 0 aromatic rings. The molecule has 1 rings (SSSR count). The van der Waals surface area contributed by atoms with Crippen molar-refractivity contribution in [3.05, 3.63) is 0 Å². The maximum Gasteiger partial charge on any atom is 0.326 e. The molecule has 2 amide bonds. The molecule has 0 spiro atoms. The number of carboxylic acid groups (broad SMARTS) is 1. The number of ether oxygens (including phenoxy) is 1. The molecule has 0 aliphatic carbocycles. The number of hydrogen-bond acceptors (Lipinski definition) is 4. The SMILES string of the molecule is CCC(C)C(NC(=O)N(C)CC1(O)CCOCC1)C(=O)O. The lowest BCUT2D eigenvalue weighted by Crippen LogP contribution is -2.54. The third-order valence-corrected chi connectivity index (χ3v) is 4.06. The number of aliphatic hydroxyl groups is 1. The van der Waals surface area contributed by atoms with Crippen LogP contribution in [0.2, 0.25) is 0 Å². The molecule has 1 fully saturated rings. The fraction of sp³-hybridized carbons (Fsp3) is 0.857. The zero-order valence-corrected chi connectivity index (χ0v) is 13.0. The standard InChI is InChI=1S/C14H26N2O5/c1-4-10(2)11(12(17)18)15-13(19)16(3)9-14(20)5-7-21-8-6-14/h10-11,20H,4-9H2,1-3H3,(H,15,19)(H,17,18). The average molecular weight is 302 g/mol. The van der Waals surface area contributed by atoms with E-state index < -0.39 is 23.6 Å². The van der Waals surface area contributed by atoms with E-state index in [1.807, 2.05) is 6.92 Å². The Kier molecular flexibility index (Phi) is 6.42. The van der Waals surface area contributed by atoms with E-state index in [0.29, 0.717) is 32.5 Å². The molecule has 1 aliphatic rings. The van der Waals surface area contributed by atoms with Crippen LogP contribution in [0.5, 0.6) is 0 Å². The topological polar surface area (TPSA) is 99.1 Å². The van der Waals surface area contributed by atoms with E-state index in [1.165, 1.54) is 4.90 Å². The number of amides is 2. The smallest absolute Gasteiger partial charge is 0.326 e. The number of carbonyl (C=O) groups is 2. The van der Waals surface area contributed by atoms with Gasteiger partial charge in [-0.25, -0.2) is 9.59 Å². The lowest BCUT2D eigenvalue weighted by Gasteiger charge is -2.35. The molecule has 0 radical (unpaired) electrons. The maximum absolute atomic E-state index is 12.1. The van der Waals surface area contributed by atoms with Gasteiger partial charge in [-0.1, -0.05) is 20.3 Å². The van der Waals surface area contributed by atoms with E-state index in [0.717, 1.165) is 0 Å². The maximum atomic E-state index is 12.1. The Labute approximate surface area is 125 Å². The Morgan fingerprint density at radius 2 is 1.95 bits per heavy atom. The number of carbonyl (C=O) groups excluding carboxylic acids is 1. The van der Waals surface area contributed by atoms with Gasteiger partial charge < -0.3 is 25.2 Å². The van der Waals surface area contributed by atoms with Gasteiger partial charge >= 0.3 is 12.0 Å². The van der Waals surface area contributed by atoms with Crippen molar-refractivity contribution < 1.29 is 24.5 Å². The van der Waals surface area contributed by atoms with Crippen LogP contribution in [0.1, 0.15) is 33.1 Å². The Morgan fingerprint density at radius 1 is 1.38 bits per heavy atom. The molecule has 7 nitrogen and oxygen atoms in total. The first-order valence-corrected chi connectivity index (χ1v) is 7.33. The summed E-state index contributed by atoms with van der Waals surface area (Å²) in [5.74, 6) is -1.21. The molecule has 2 unspecified atom stereocenters. The van der Waals surface area contributed by atoms with Crippen molar-refractivity contribution in [3.63, 3.8) is 0 Å². The van der Waals surface area contributed by atoms with Crippen molar-refractivity contribution in [2.45, 2.75) is 44.8 Å². The van der Waals surface area contributed by atoms with Crippen molar-refractivity contribution >= 4 is 12.0 Å². The van der Waals surface area contributed by atoms with E-state index in [9.17, 15) is 19.8 Å². The summed E-state index contributed by atoms with van der Waals surface area (Å²) in [7, 11) is 1.55. The fourth-order valence-corrected chi connectivity index (χ4v) is 2.35. The van der Waals surface area contributed by atoms with Crippen molar-refractivity contribution in [1.82, 2.24) is 10.2 Å². The fourth-order valence-electron chi connectivity index (χ4n) is 2.35. The number of likely N-dealkylation sites (N-methyl/N-ethyl adjacent to an activating group) is 1. The van der Waals surface area contributed by atoms with Crippen LogP contribution in [0.15, 0.2) is 0 Å². The molecular formula is C14H26N2O5. The largest absolute Gasteiger partial charge is 0.480 e. The van der Waals surface area contributed by atoms with Crippen molar-refractivity contribution in [3.8, 4) is 0 Å². The highest BCUT2D eigenvalue weighted by Gasteiger charge is 2.33. The molecule has 0 bridgehead atoms. The highest BCUT2D eigenvalue weighted by Crippen LogP contribution is 2.21. The van der Waals surface area contributed by atoms with Crippen LogP contribution in [0.25, 0.3) is 0 Å². The number of nitrogens with one attached hydrogen (secondary N) is 1. The van der Waals surface area contributed by atoms with Crippen LogP contribution in [-0.2, 0) is 9.53 Å². The summed E-state index contributed by atoms with van der Waals surface area (Å²) in [5.41, 5.74) is -0.959. The molecule has 2 atom stereocenters. The second kappa shape index (κ2) is 7.61. The normalized spacial score (nSPS) is 20.4. The van der Waals surface area contributed by atoms with Gasteiger partial charge in [0.1, 0.15) is 6.04 Å². The molecule has 0 aromatic heterocycles. The molecule has 21 heavy (non-hydrogen) atoms. The monoisotopic (exact) mass is 302 g/mol. The summed E-state index contributed by atoms with van der Waals surface area (Å²) in [6.45, 7) is 4.76. The zero-order valence-electron chi connectivity index (χ0n) is 13.0. The molecule has 1 heterocycles. The first-order valence-electron chi connectivity index (χ1n) is 7.33. The minimum absolute atomic E-state index is 0.161. The number of carboxylic acids is 1. The molecule has 1 aliphatic heterocycles. The third kappa shape index (κ3) is 5.17. The second-order valence-electron chi connectivity index (χ2n) is 5.84. The lowest BCUT2D eigenvalue weighted by atomic mass is 9.94. The van der Waals surface area contributed by atoms with Gasteiger partial charge in [0.25, 0.3) is 0 Å². The van der Waals surface area contributed by atoms with Gasteiger partial charge in [-0.05, 0) is 5.92 Å². The quantitative estimate of drug-likeness (QED) is 0.669. The highest BCUT2D eigenvalue weighted by molar-refractivity contribution is 5.82. The molecule has 122 valence electrons. The Hall–Kier alpha value is -1.34. The average Bonchev–Trinajstić information content (AvgIpc) is 2.43. The number of aliphatic carboxylic acids is 1. The predicted octanol–water partition coefficient (Wildman–Crippen LogP) is 0.669. The summed E-state index contributed by atoms with van der Waals surface area (Å²) in [5, 5.41) is 22.1. The Morgan fingerprint density at radius 3 is 2.43 bits per heavy atom. The summed E-state index contributed by atoms with van der Waals surface area (Å²) < 4.78 is 5.19. The summed E-state index contributed by atoms with van der Waals surface area (Å²) in [6, 6.07) is -1.41. The van der Waals surface area contributed by atoms with Crippen LogP contribution in [0.3, 0.4) is 0 Å². The van der Waals surface area contributed by atoms with E-state index in [-0.39, 0.29) is 12.5 Å². The van der Waals surface area contributed by atoms with Crippen molar-refractivity contribution in [2.75, 3.05) is 26.8 Å². The minimum Gasteiger partial charge on any atom is -0.480 e. The van der Waals surface area contributed by atoms with Crippen molar-refractivity contribution in [2.24, 2.45) is 5.92 Å². The second-order valence-corrected chi connectivity index (χ2v) is 5.84. The van der Waals surface area contributed by atoms with Gasteiger partial charge in [-0.2, -0.15) is 0 Å². The van der Waals surface area contributed by atoms with Gasteiger partial charge in [-0.15, -0.1) is 0 Å². The minimum atomic E-state index is -1.05. The van der Waals surface area contributed by atoms with Gasteiger partial charge in [-0.3, -0.25) is 0 Å². The molecule has 1 saturated heterocycles. The predicted molar refractivity (Wildman–Crippen MR) is 77.0 cm³/mol. The number of nitrogens with zero attached hydrogens (tertiary/aromatic N) is 1. The van der Waals surface area contributed by atoms with Gasteiger partial charge in [0, 0.05) is 33.1 Å². The van der Waals surface area contributed by atoms with E-state index in [2.05, 4.69) is 5.32 Å². The highest BCUT2D eigenvalue weighted by atomic mass is 16.5. The molecule has 3 N–H and O–H groups in total. The van der Waals surface area contributed by atoms with Crippen LogP contribution in [0.4, 0.5) is 4.79 Å². The van der Waals surface area contributed by atoms with Gasteiger partial charge in [0.05, 0.1) is 12.1 Å². The lowest BCUT2D eigenvalue weighted by molar-refractivity contribution is -0.140. The Balaban J connectivity index is 2.58. The zero-order chi connectivity index (χ0) is 16.0. The first kappa shape index (κ1) is 17.7. The van der Waals surface area contributed by atoms with Crippen LogP contribution in [-0.4, -0.2) is 65.6 Å². The molecule has 7 heteroatoms. The molecule has 0 saturated carbocycles. The van der Waals surface area contributed by atoms with Crippen LogP contribution < -0.4 is 5.32 Å². The third-order valence-electron chi connectivity index (χ3n) is 4.06. The van der Waals surface area contributed by atoms with E-state index in [4.69, 9.17) is 4.74 Å². The van der Waals surface area contributed by atoms with E-state index in [1.54, 1.807) is 14.0 Å². The number of hydrogen-bond donors (Lipinski definition) is 3. The summed E-state index contributed by atoms with van der Waals surface area (Å²) in [4.78, 5) is 24.7. The number of rotatable bonds is 6. The summed E-state index contributed by atoms with van der Waals surface area (Å²) in [6.07, 6.45) is 1.60. The first-order chi connectivity index (χ1) is 9.79. The van der Waals surface area contributed by atoms with Crippen molar-refractivity contribution in [1.29, 1.82) is 0 Å². The van der Waals surface area contributed by atoms with E-state index >= 15 is 0 Å². The van der Waals surface area contributed by atoms with Crippen LogP contribution >= 0.6 is 0 Å². The summed E-state index contributed by atoms with van der Waals surface area (Å²) >= 11 is 0. The molecule has 0 aromatic carbocycles. The number of urea groups is 1. The van der Waals surface area contributed by atoms with Gasteiger partial charge in [0.15, 0.2) is 0 Å². The Bertz CT molecular complexity index is 368. The molecular weight excluding hydrogens is 276 g/mol.